The Bertz CT molecular complexity index is 722. The number of ether oxygens (including phenoxy) is 2. The van der Waals surface area contributed by atoms with Crippen LogP contribution in [0, 0.1) is 0 Å². The van der Waals surface area contributed by atoms with Crippen LogP contribution in [0.1, 0.15) is 44.2 Å². The third-order valence-electron chi connectivity index (χ3n) is 4.78. The number of carbonyl (C=O) groups excluding carboxylic acids is 1. The summed E-state index contributed by atoms with van der Waals surface area (Å²) >= 11 is 0. The third-order valence-corrected chi connectivity index (χ3v) is 6.79. The molecule has 1 N–H and O–H groups in total. The van der Waals surface area contributed by atoms with E-state index in [1.807, 2.05) is 19.1 Å². The number of amides is 1. The second-order valence-electron chi connectivity index (χ2n) is 6.28. The summed E-state index contributed by atoms with van der Waals surface area (Å²) in [5.74, 6) is 0.917. The monoisotopic (exact) mass is 339 g/mol. The Morgan fingerprint density at radius 1 is 1.22 bits per heavy atom. The molecule has 0 radical (unpaired) electrons. The maximum atomic E-state index is 12.7. The first-order valence-electron chi connectivity index (χ1n) is 7.74. The van der Waals surface area contributed by atoms with Gasteiger partial charge in [0, 0.05) is 6.26 Å². The topological polar surface area (TPSA) is 81.7 Å². The van der Waals surface area contributed by atoms with Crippen molar-refractivity contribution in [3.05, 3.63) is 23.8 Å². The minimum absolute atomic E-state index is 0.191. The van der Waals surface area contributed by atoms with E-state index in [9.17, 15) is 13.2 Å². The van der Waals surface area contributed by atoms with Gasteiger partial charge in [-0.25, -0.2) is 8.42 Å². The average molecular weight is 339 g/mol. The van der Waals surface area contributed by atoms with Crippen LogP contribution in [0.25, 0.3) is 0 Å². The van der Waals surface area contributed by atoms with E-state index in [4.69, 9.17) is 9.47 Å². The lowest BCUT2D eigenvalue weighted by Gasteiger charge is -2.27. The summed E-state index contributed by atoms with van der Waals surface area (Å²) in [6, 6.07) is 5.15. The third kappa shape index (κ3) is 2.78. The highest BCUT2D eigenvalue weighted by Crippen LogP contribution is 2.38. The van der Waals surface area contributed by atoms with Crippen molar-refractivity contribution >= 4 is 15.7 Å². The van der Waals surface area contributed by atoms with Crippen LogP contribution in [0.2, 0.25) is 0 Å². The van der Waals surface area contributed by atoms with Crippen molar-refractivity contribution in [3.63, 3.8) is 0 Å². The van der Waals surface area contributed by atoms with Crippen molar-refractivity contribution in [3.8, 4) is 11.5 Å². The Morgan fingerprint density at radius 3 is 2.52 bits per heavy atom. The SMILES string of the molecule is CC(NC(=O)C1(S(C)(=O)=O)CCCC1)c1ccc2c(c1)OCO2. The maximum absolute atomic E-state index is 12.7. The second kappa shape index (κ2) is 5.70. The van der Waals surface area contributed by atoms with E-state index in [1.165, 1.54) is 0 Å². The Balaban J connectivity index is 1.79. The molecule has 1 aromatic rings. The van der Waals surface area contributed by atoms with Crippen LogP contribution in [0.3, 0.4) is 0 Å². The number of nitrogens with one attached hydrogen (secondary N) is 1. The largest absolute Gasteiger partial charge is 0.454 e. The van der Waals surface area contributed by atoms with Crippen LogP contribution in [-0.4, -0.2) is 32.1 Å². The number of hydrogen-bond acceptors (Lipinski definition) is 5. The standard InChI is InChI=1S/C16H21NO5S/c1-11(12-5-6-13-14(9-12)22-10-21-13)17-15(18)16(23(2,19)20)7-3-4-8-16/h5-6,9,11H,3-4,7-8,10H2,1-2H3,(H,17,18). The first-order valence-corrected chi connectivity index (χ1v) is 9.63. The van der Waals surface area contributed by atoms with Gasteiger partial charge in [0.15, 0.2) is 21.3 Å². The zero-order valence-electron chi connectivity index (χ0n) is 13.3. The van der Waals surface area contributed by atoms with Gasteiger partial charge >= 0.3 is 0 Å². The molecule has 1 unspecified atom stereocenters. The molecule has 0 spiro atoms. The molecule has 1 atom stereocenters. The van der Waals surface area contributed by atoms with Gasteiger partial charge in [-0.2, -0.15) is 0 Å². The zero-order chi connectivity index (χ0) is 16.7. The number of fused-ring (bicyclic) bond motifs is 1. The van der Waals surface area contributed by atoms with E-state index in [-0.39, 0.29) is 12.8 Å². The molecular formula is C16H21NO5S. The summed E-state index contributed by atoms with van der Waals surface area (Å²) in [7, 11) is -3.46. The number of rotatable bonds is 4. The van der Waals surface area contributed by atoms with Crippen LogP contribution in [0.15, 0.2) is 18.2 Å². The Labute approximate surface area is 136 Å². The van der Waals surface area contributed by atoms with E-state index >= 15 is 0 Å². The van der Waals surface area contributed by atoms with Crippen molar-refractivity contribution in [1.82, 2.24) is 5.32 Å². The van der Waals surface area contributed by atoms with Gasteiger partial charge in [-0.05, 0) is 37.5 Å². The fourth-order valence-corrected chi connectivity index (χ4v) is 4.73. The molecule has 3 rings (SSSR count). The number of benzene rings is 1. The summed E-state index contributed by atoms with van der Waals surface area (Å²) in [6.07, 6.45) is 3.47. The van der Waals surface area contributed by atoms with Crippen LogP contribution >= 0.6 is 0 Å². The van der Waals surface area contributed by atoms with Crippen molar-refractivity contribution in [1.29, 1.82) is 0 Å². The predicted octanol–water partition coefficient (Wildman–Crippen LogP) is 1.95. The van der Waals surface area contributed by atoms with E-state index < -0.39 is 20.5 Å². The molecule has 1 aliphatic carbocycles. The summed E-state index contributed by atoms with van der Waals surface area (Å²) in [5.41, 5.74) is 0.851. The van der Waals surface area contributed by atoms with Crippen molar-refractivity contribution < 1.29 is 22.7 Å². The highest BCUT2D eigenvalue weighted by Gasteiger charge is 2.50. The molecule has 7 heteroatoms. The van der Waals surface area contributed by atoms with Gasteiger partial charge < -0.3 is 14.8 Å². The molecule has 1 amide bonds. The fourth-order valence-electron chi connectivity index (χ4n) is 3.31. The van der Waals surface area contributed by atoms with Crippen LogP contribution < -0.4 is 14.8 Å². The van der Waals surface area contributed by atoms with Gasteiger partial charge in [0.1, 0.15) is 4.75 Å². The minimum atomic E-state index is -3.46. The van der Waals surface area contributed by atoms with Gasteiger partial charge in [0.25, 0.3) is 0 Å². The van der Waals surface area contributed by atoms with Gasteiger partial charge in [-0.3, -0.25) is 4.79 Å². The minimum Gasteiger partial charge on any atom is -0.454 e. The molecule has 6 nitrogen and oxygen atoms in total. The zero-order valence-corrected chi connectivity index (χ0v) is 14.1. The first kappa shape index (κ1) is 16.1. The van der Waals surface area contributed by atoms with Gasteiger partial charge in [-0.15, -0.1) is 0 Å². The van der Waals surface area contributed by atoms with Crippen LogP contribution in [0.5, 0.6) is 11.5 Å². The summed E-state index contributed by atoms with van der Waals surface area (Å²) in [4.78, 5) is 12.7. The molecule has 1 heterocycles. The Kier molecular flexibility index (Phi) is 4.00. The second-order valence-corrected chi connectivity index (χ2v) is 8.61. The van der Waals surface area contributed by atoms with Gasteiger partial charge in [0.2, 0.25) is 12.7 Å². The first-order chi connectivity index (χ1) is 10.8. The van der Waals surface area contributed by atoms with E-state index in [0.717, 1.165) is 24.7 Å². The summed E-state index contributed by atoms with van der Waals surface area (Å²) in [5, 5.41) is 2.86. The molecule has 1 saturated carbocycles. The maximum Gasteiger partial charge on any atom is 0.241 e. The molecule has 2 aliphatic rings. The molecule has 1 aliphatic heterocycles. The van der Waals surface area contributed by atoms with Gasteiger partial charge in [-0.1, -0.05) is 18.9 Å². The Hall–Kier alpha value is -1.76. The molecule has 1 fully saturated rings. The van der Waals surface area contributed by atoms with Crippen molar-refractivity contribution in [2.24, 2.45) is 0 Å². The van der Waals surface area contributed by atoms with Gasteiger partial charge in [0.05, 0.1) is 6.04 Å². The molecule has 0 saturated heterocycles. The molecule has 1 aromatic carbocycles. The molecule has 0 bridgehead atoms. The summed E-state index contributed by atoms with van der Waals surface area (Å²) < 4.78 is 33.7. The number of hydrogen-bond donors (Lipinski definition) is 1. The lowest BCUT2D eigenvalue weighted by molar-refractivity contribution is -0.124. The van der Waals surface area contributed by atoms with Crippen LogP contribution in [-0.2, 0) is 14.6 Å². The molecule has 0 aromatic heterocycles. The normalized spacial score (nSPS) is 20.3. The lowest BCUT2D eigenvalue weighted by Crippen LogP contribution is -2.50. The summed E-state index contributed by atoms with van der Waals surface area (Å²) in [6.45, 7) is 2.02. The Morgan fingerprint density at radius 2 is 1.87 bits per heavy atom. The van der Waals surface area contributed by atoms with E-state index in [1.54, 1.807) is 6.07 Å². The van der Waals surface area contributed by atoms with Crippen molar-refractivity contribution in [2.75, 3.05) is 13.0 Å². The molecule has 23 heavy (non-hydrogen) atoms. The van der Waals surface area contributed by atoms with Crippen molar-refractivity contribution in [2.45, 2.75) is 43.4 Å². The van der Waals surface area contributed by atoms with Crippen LogP contribution in [0.4, 0.5) is 0 Å². The fraction of sp³-hybridized carbons (Fsp3) is 0.562. The average Bonchev–Trinajstić information content (AvgIpc) is 3.15. The lowest BCUT2D eigenvalue weighted by atomic mass is 10.0. The molecule has 126 valence electrons. The highest BCUT2D eigenvalue weighted by atomic mass is 32.2. The highest BCUT2D eigenvalue weighted by molar-refractivity contribution is 7.92. The molecular weight excluding hydrogens is 318 g/mol. The van der Waals surface area contributed by atoms with E-state index in [2.05, 4.69) is 5.32 Å². The number of sulfone groups is 1. The number of carbonyl (C=O) groups is 1. The van der Waals surface area contributed by atoms with E-state index in [0.29, 0.717) is 24.3 Å². The quantitative estimate of drug-likeness (QED) is 0.907. The smallest absolute Gasteiger partial charge is 0.241 e. The predicted molar refractivity (Wildman–Crippen MR) is 85.2 cm³/mol.